The first-order valence-corrected chi connectivity index (χ1v) is 9.55. The Balaban J connectivity index is 1.50. The van der Waals surface area contributed by atoms with Crippen molar-refractivity contribution in [3.8, 4) is 0 Å². The molecular weight excluding hydrogens is 352 g/mol. The number of nitrogens with one attached hydrogen (secondary N) is 1. The molecular formula is C19H22N2O4S. The fraction of sp³-hybridized carbons (Fsp3) is 0.421. The molecule has 1 N–H and O–H groups in total. The average Bonchev–Trinajstić information content (AvgIpc) is 3.09. The van der Waals surface area contributed by atoms with Crippen molar-refractivity contribution in [1.82, 2.24) is 4.98 Å². The standard InChI is InChI=1S/C19H22N2O4S/c1-24-15-8-5-9-16(11-15)25-17(22)10-14-12-26-19(20-14)21-18(23)13-6-3-2-4-7-13/h2-4,6-7,12,15-16H,5,8-11H2,1H3,(H,20,21,23)/t15-,16-/m0/s1. The van der Waals surface area contributed by atoms with Crippen molar-refractivity contribution in [1.29, 1.82) is 0 Å². The van der Waals surface area contributed by atoms with Gasteiger partial charge in [0, 0.05) is 24.5 Å². The van der Waals surface area contributed by atoms with Crippen LogP contribution in [-0.2, 0) is 20.7 Å². The smallest absolute Gasteiger partial charge is 0.312 e. The summed E-state index contributed by atoms with van der Waals surface area (Å²) < 4.78 is 10.9. The Morgan fingerprint density at radius 1 is 1.23 bits per heavy atom. The number of hydrogen-bond acceptors (Lipinski definition) is 6. The van der Waals surface area contributed by atoms with Crippen molar-refractivity contribution in [2.45, 2.75) is 44.3 Å². The fourth-order valence-electron chi connectivity index (χ4n) is 3.00. The third-order valence-electron chi connectivity index (χ3n) is 4.34. The summed E-state index contributed by atoms with van der Waals surface area (Å²) in [5, 5.41) is 4.98. The second kappa shape index (κ2) is 8.91. The van der Waals surface area contributed by atoms with Crippen LogP contribution in [0.4, 0.5) is 5.13 Å². The van der Waals surface area contributed by atoms with Gasteiger partial charge in [0.2, 0.25) is 0 Å². The fourth-order valence-corrected chi connectivity index (χ4v) is 3.71. The summed E-state index contributed by atoms with van der Waals surface area (Å²) in [5.41, 5.74) is 1.16. The molecule has 0 spiro atoms. The van der Waals surface area contributed by atoms with Gasteiger partial charge < -0.3 is 9.47 Å². The molecule has 3 rings (SSSR count). The topological polar surface area (TPSA) is 77.5 Å². The Hall–Kier alpha value is -2.25. The quantitative estimate of drug-likeness (QED) is 0.784. The van der Waals surface area contributed by atoms with Gasteiger partial charge in [0.1, 0.15) is 6.10 Å². The first-order valence-electron chi connectivity index (χ1n) is 8.67. The molecule has 138 valence electrons. The van der Waals surface area contributed by atoms with Crippen LogP contribution < -0.4 is 5.32 Å². The van der Waals surface area contributed by atoms with Crippen LogP contribution in [0.15, 0.2) is 35.7 Å². The van der Waals surface area contributed by atoms with Crippen LogP contribution in [0.2, 0.25) is 0 Å². The van der Waals surface area contributed by atoms with E-state index in [1.807, 2.05) is 6.07 Å². The van der Waals surface area contributed by atoms with Crippen molar-refractivity contribution in [2.24, 2.45) is 0 Å². The molecule has 2 atom stereocenters. The summed E-state index contributed by atoms with van der Waals surface area (Å²) in [6.45, 7) is 0. The number of thiazole rings is 1. The molecule has 0 aliphatic heterocycles. The van der Waals surface area contributed by atoms with Crippen molar-refractivity contribution in [3.63, 3.8) is 0 Å². The van der Waals surface area contributed by atoms with E-state index in [9.17, 15) is 9.59 Å². The lowest BCUT2D eigenvalue weighted by Gasteiger charge is -2.27. The molecule has 1 aromatic carbocycles. The molecule has 7 heteroatoms. The van der Waals surface area contributed by atoms with Crippen LogP contribution in [0.5, 0.6) is 0 Å². The third-order valence-corrected chi connectivity index (χ3v) is 5.15. The molecule has 0 radical (unpaired) electrons. The molecule has 26 heavy (non-hydrogen) atoms. The highest BCUT2D eigenvalue weighted by Gasteiger charge is 2.25. The first-order chi connectivity index (χ1) is 12.6. The summed E-state index contributed by atoms with van der Waals surface area (Å²) in [6.07, 6.45) is 3.83. The van der Waals surface area contributed by atoms with Crippen molar-refractivity contribution >= 4 is 28.3 Å². The van der Waals surface area contributed by atoms with Crippen molar-refractivity contribution in [3.05, 3.63) is 47.0 Å². The van der Waals surface area contributed by atoms with Crippen LogP contribution in [0.25, 0.3) is 0 Å². The second-order valence-corrected chi connectivity index (χ2v) is 7.14. The Kier molecular flexibility index (Phi) is 6.35. The number of carbonyl (C=O) groups excluding carboxylic acids is 2. The van der Waals surface area contributed by atoms with Crippen LogP contribution in [0.1, 0.15) is 41.7 Å². The zero-order chi connectivity index (χ0) is 18.4. The maximum absolute atomic E-state index is 12.1. The summed E-state index contributed by atoms with van der Waals surface area (Å²) in [7, 11) is 1.69. The zero-order valence-electron chi connectivity index (χ0n) is 14.6. The molecule has 1 fully saturated rings. The number of aromatic nitrogens is 1. The van der Waals surface area contributed by atoms with Gasteiger partial charge in [-0.3, -0.25) is 14.9 Å². The minimum Gasteiger partial charge on any atom is -0.462 e. The van der Waals surface area contributed by atoms with Gasteiger partial charge in [0.25, 0.3) is 5.91 Å². The molecule has 1 aliphatic carbocycles. The summed E-state index contributed by atoms with van der Waals surface area (Å²) >= 11 is 1.29. The maximum atomic E-state index is 12.1. The molecule has 1 heterocycles. The van der Waals surface area contributed by atoms with Crippen LogP contribution in [0.3, 0.4) is 0 Å². The van der Waals surface area contributed by atoms with E-state index in [1.165, 1.54) is 11.3 Å². The van der Waals surface area contributed by atoms with Gasteiger partial charge >= 0.3 is 5.97 Å². The normalized spacial score (nSPS) is 19.7. The third kappa shape index (κ3) is 5.12. The predicted molar refractivity (Wildman–Crippen MR) is 99.4 cm³/mol. The number of benzene rings is 1. The summed E-state index contributed by atoms with van der Waals surface area (Å²) in [4.78, 5) is 28.6. The monoisotopic (exact) mass is 374 g/mol. The highest BCUT2D eigenvalue weighted by Crippen LogP contribution is 2.24. The van der Waals surface area contributed by atoms with E-state index < -0.39 is 0 Å². The van der Waals surface area contributed by atoms with E-state index >= 15 is 0 Å². The molecule has 1 saturated carbocycles. The highest BCUT2D eigenvalue weighted by molar-refractivity contribution is 7.14. The predicted octanol–water partition coefficient (Wildman–Crippen LogP) is 3.44. The number of ether oxygens (including phenoxy) is 2. The summed E-state index contributed by atoms with van der Waals surface area (Å²) in [6, 6.07) is 8.93. The van der Waals surface area contributed by atoms with E-state index in [2.05, 4.69) is 10.3 Å². The van der Waals surface area contributed by atoms with E-state index in [4.69, 9.17) is 9.47 Å². The van der Waals surface area contributed by atoms with Gasteiger partial charge in [0.15, 0.2) is 5.13 Å². The highest BCUT2D eigenvalue weighted by atomic mass is 32.1. The molecule has 0 unspecified atom stereocenters. The lowest BCUT2D eigenvalue weighted by Crippen LogP contribution is -2.29. The number of esters is 1. The molecule has 0 bridgehead atoms. The molecule has 1 amide bonds. The number of amides is 1. The number of rotatable bonds is 6. The van der Waals surface area contributed by atoms with Crippen LogP contribution in [-0.4, -0.2) is 36.2 Å². The van der Waals surface area contributed by atoms with E-state index in [-0.39, 0.29) is 30.5 Å². The Bertz CT molecular complexity index is 747. The van der Waals surface area contributed by atoms with Gasteiger partial charge in [-0.2, -0.15) is 0 Å². The van der Waals surface area contributed by atoms with Gasteiger partial charge in [-0.25, -0.2) is 4.98 Å². The average molecular weight is 374 g/mol. The van der Waals surface area contributed by atoms with Gasteiger partial charge in [0.05, 0.1) is 18.2 Å². The number of hydrogen-bond donors (Lipinski definition) is 1. The summed E-state index contributed by atoms with van der Waals surface area (Å²) in [5.74, 6) is -0.514. The van der Waals surface area contributed by atoms with Crippen LogP contribution >= 0.6 is 11.3 Å². The molecule has 1 aromatic heterocycles. The maximum Gasteiger partial charge on any atom is 0.312 e. The number of methoxy groups -OCH3 is 1. The van der Waals surface area contributed by atoms with E-state index in [1.54, 1.807) is 36.8 Å². The zero-order valence-corrected chi connectivity index (χ0v) is 15.5. The van der Waals surface area contributed by atoms with Crippen LogP contribution in [0, 0.1) is 0 Å². The molecule has 1 aliphatic rings. The minimum absolute atomic E-state index is 0.0860. The number of carbonyl (C=O) groups is 2. The Morgan fingerprint density at radius 3 is 2.77 bits per heavy atom. The van der Waals surface area contributed by atoms with Crippen molar-refractivity contribution in [2.75, 3.05) is 12.4 Å². The largest absolute Gasteiger partial charge is 0.462 e. The SMILES string of the molecule is CO[C@H]1CCC[C@H](OC(=O)Cc2csc(NC(=O)c3ccccc3)n2)C1. The van der Waals surface area contributed by atoms with Gasteiger partial charge in [-0.15, -0.1) is 11.3 Å². The molecule has 6 nitrogen and oxygen atoms in total. The number of nitrogens with zero attached hydrogens (tertiary/aromatic N) is 1. The lowest BCUT2D eigenvalue weighted by atomic mass is 9.95. The number of anilines is 1. The Labute approximate surface area is 156 Å². The van der Waals surface area contributed by atoms with Crippen molar-refractivity contribution < 1.29 is 19.1 Å². The Morgan fingerprint density at radius 2 is 2.00 bits per heavy atom. The second-order valence-electron chi connectivity index (χ2n) is 6.28. The van der Waals surface area contributed by atoms with E-state index in [0.717, 1.165) is 25.7 Å². The lowest BCUT2D eigenvalue weighted by molar-refractivity contribution is -0.151. The minimum atomic E-state index is -0.294. The van der Waals surface area contributed by atoms with Gasteiger partial charge in [-0.05, 0) is 31.4 Å². The molecule has 2 aromatic rings. The van der Waals surface area contributed by atoms with E-state index in [0.29, 0.717) is 16.4 Å². The van der Waals surface area contributed by atoms with Gasteiger partial charge in [-0.1, -0.05) is 18.2 Å². The first kappa shape index (κ1) is 18.5. The molecule has 0 saturated heterocycles.